The Labute approximate surface area is 169 Å². The number of alkyl halides is 6. The summed E-state index contributed by atoms with van der Waals surface area (Å²) < 4.78 is 110. The Morgan fingerprint density at radius 2 is 1.65 bits per heavy atom. The zero-order valence-corrected chi connectivity index (χ0v) is 15.8. The van der Waals surface area contributed by atoms with Crippen molar-refractivity contribution < 1.29 is 54.0 Å². The van der Waals surface area contributed by atoms with Gasteiger partial charge in [-0.05, 0) is 24.3 Å². The monoisotopic (exact) mass is 473 g/mol. The van der Waals surface area contributed by atoms with Crippen LogP contribution >= 0.6 is 0 Å². The van der Waals surface area contributed by atoms with Gasteiger partial charge >= 0.3 is 17.7 Å². The molecule has 0 unspecified atom stereocenters. The number of benzene rings is 2. The van der Waals surface area contributed by atoms with E-state index in [0.29, 0.717) is 12.1 Å². The third-order valence-corrected chi connectivity index (χ3v) is 5.15. The van der Waals surface area contributed by atoms with Crippen LogP contribution in [0.3, 0.4) is 0 Å². The number of halogens is 6. The van der Waals surface area contributed by atoms with Gasteiger partial charge in [0.25, 0.3) is 15.5 Å². The first-order valence-electron chi connectivity index (χ1n) is 7.67. The molecule has 15 heteroatoms. The van der Waals surface area contributed by atoms with Crippen molar-refractivity contribution in [2.75, 3.05) is 7.11 Å². The van der Waals surface area contributed by atoms with Crippen molar-refractivity contribution in [2.24, 2.45) is 0 Å². The number of carbonyl (C=O) groups excluding carboxylic acids is 1. The second kappa shape index (κ2) is 8.05. The molecule has 0 saturated heterocycles. The van der Waals surface area contributed by atoms with Crippen molar-refractivity contribution in [3.05, 3.63) is 57.6 Å². The lowest BCUT2D eigenvalue weighted by Crippen LogP contribution is -2.23. The van der Waals surface area contributed by atoms with Crippen molar-refractivity contribution >= 4 is 21.5 Å². The first-order chi connectivity index (χ1) is 14.1. The molecule has 0 aromatic heterocycles. The van der Waals surface area contributed by atoms with E-state index in [0.717, 1.165) is 19.2 Å². The van der Waals surface area contributed by atoms with Crippen LogP contribution in [0.4, 0.5) is 32.0 Å². The fraction of sp³-hybridized carbons (Fsp3) is 0.188. The van der Waals surface area contributed by atoms with Gasteiger partial charge in [-0.3, -0.25) is 10.1 Å². The maximum Gasteiger partial charge on any atom is 0.501 e. The van der Waals surface area contributed by atoms with Gasteiger partial charge in [-0.2, -0.15) is 26.3 Å². The van der Waals surface area contributed by atoms with Crippen LogP contribution in [0.1, 0.15) is 15.9 Å². The number of rotatable bonds is 5. The SMILES string of the molecule is COC(=O)c1cc(Oc2ccc(S(=O)(=O)C(F)(F)F)cc2C(F)(F)F)ccc1[N+](=O)[O-]. The first-order valence-corrected chi connectivity index (χ1v) is 9.15. The van der Waals surface area contributed by atoms with E-state index >= 15 is 0 Å². The highest BCUT2D eigenvalue weighted by Gasteiger charge is 2.48. The highest BCUT2D eigenvalue weighted by Crippen LogP contribution is 2.41. The summed E-state index contributed by atoms with van der Waals surface area (Å²) >= 11 is 0. The van der Waals surface area contributed by atoms with Crippen LogP contribution in [0, 0.1) is 10.1 Å². The van der Waals surface area contributed by atoms with Crippen LogP contribution in [0.25, 0.3) is 0 Å². The smallest absolute Gasteiger partial charge is 0.465 e. The number of ether oxygens (including phenoxy) is 2. The van der Waals surface area contributed by atoms with E-state index in [1.807, 2.05) is 0 Å². The molecule has 2 rings (SSSR count). The van der Waals surface area contributed by atoms with Gasteiger partial charge in [-0.25, -0.2) is 13.2 Å². The van der Waals surface area contributed by atoms with E-state index in [-0.39, 0.29) is 12.1 Å². The van der Waals surface area contributed by atoms with Gasteiger partial charge in [0.2, 0.25) is 0 Å². The summed E-state index contributed by atoms with van der Waals surface area (Å²) in [5.74, 6) is -2.86. The first kappa shape index (κ1) is 23.9. The summed E-state index contributed by atoms with van der Waals surface area (Å²) in [4.78, 5) is 20.0. The number of hydrogen-bond donors (Lipinski definition) is 0. The Morgan fingerprint density at radius 1 is 1.03 bits per heavy atom. The van der Waals surface area contributed by atoms with Gasteiger partial charge < -0.3 is 9.47 Å². The zero-order chi connectivity index (χ0) is 23.8. The minimum Gasteiger partial charge on any atom is -0.465 e. The number of nitrogens with zero attached hydrogens (tertiary/aromatic N) is 1. The van der Waals surface area contributed by atoms with Gasteiger partial charge in [0, 0.05) is 12.1 Å². The molecule has 168 valence electrons. The minimum absolute atomic E-state index is 0.250. The van der Waals surface area contributed by atoms with E-state index in [9.17, 15) is 49.7 Å². The standard InChI is InChI=1S/C16H9F6NO7S/c1-29-14(24)10-6-8(2-4-12(10)23(25)26)30-13-5-3-9(7-11(13)15(17,18)19)31(27,28)16(20,21)22/h2-7H,1H3. The van der Waals surface area contributed by atoms with Crippen molar-refractivity contribution in [2.45, 2.75) is 16.6 Å². The summed E-state index contributed by atoms with van der Waals surface area (Å²) in [6, 6.07) is 2.57. The highest BCUT2D eigenvalue weighted by atomic mass is 32.2. The maximum atomic E-state index is 13.3. The summed E-state index contributed by atoms with van der Waals surface area (Å²) in [6.07, 6.45) is -5.33. The number of nitro benzene ring substituents is 1. The third-order valence-electron chi connectivity index (χ3n) is 3.67. The lowest BCUT2D eigenvalue weighted by molar-refractivity contribution is -0.385. The van der Waals surface area contributed by atoms with Crippen molar-refractivity contribution in [3.8, 4) is 11.5 Å². The second-order valence-electron chi connectivity index (χ2n) is 5.63. The molecule has 0 radical (unpaired) electrons. The summed E-state index contributed by atoms with van der Waals surface area (Å²) in [5.41, 5.74) is -9.13. The van der Waals surface area contributed by atoms with Crippen LogP contribution in [-0.4, -0.2) is 31.9 Å². The predicted octanol–water partition coefficient (Wildman–Crippen LogP) is 4.49. The van der Waals surface area contributed by atoms with E-state index in [1.165, 1.54) is 0 Å². The molecule has 0 aliphatic carbocycles. The number of hydrogen-bond acceptors (Lipinski definition) is 7. The van der Waals surface area contributed by atoms with Gasteiger partial charge in [0.1, 0.15) is 17.1 Å². The van der Waals surface area contributed by atoms with Crippen LogP contribution in [-0.2, 0) is 20.8 Å². The molecule has 0 saturated carbocycles. The van der Waals surface area contributed by atoms with Crippen LogP contribution in [0.5, 0.6) is 11.5 Å². The molecule has 2 aromatic rings. The van der Waals surface area contributed by atoms with Crippen molar-refractivity contribution in [3.63, 3.8) is 0 Å². The lowest BCUT2D eigenvalue weighted by Gasteiger charge is -2.16. The van der Waals surface area contributed by atoms with Gasteiger partial charge in [0.15, 0.2) is 0 Å². The Bertz CT molecular complexity index is 1140. The number of esters is 1. The maximum absolute atomic E-state index is 13.3. The average Bonchev–Trinajstić information content (AvgIpc) is 2.65. The lowest BCUT2D eigenvalue weighted by atomic mass is 10.1. The van der Waals surface area contributed by atoms with Crippen LogP contribution < -0.4 is 4.74 Å². The molecule has 0 amide bonds. The Kier molecular flexibility index (Phi) is 6.21. The highest BCUT2D eigenvalue weighted by molar-refractivity contribution is 7.92. The molecule has 2 aromatic carbocycles. The summed E-state index contributed by atoms with van der Waals surface area (Å²) in [7, 11) is -5.19. The normalized spacial score (nSPS) is 12.4. The Hall–Kier alpha value is -3.36. The van der Waals surface area contributed by atoms with E-state index < -0.39 is 65.6 Å². The van der Waals surface area contributed by atoms with Crippen molar-refractivity contribution in [1.29, 1.82) is 0 Å². The molecule has 0 spiro atoms. The molecular formula is C16H9F6NO7S. The average molecular weight is 473 g/mol. The molecule has 0 aliphatic heterocycles. The van der Waals surface area contributed by atoms with E-state index in [1.54, 1.807) is 0 Å². The molecule has 0 N–H and O–H groups in total. The molecule has 0 atom stereocenters. The Morgan fingerprint density at radius 3 is 2.13 bits per heavy atom. The quantitative estimate of drug-likeness (QED) is 0.272. The number of methoxy groups -OCH3 is 1. The van der Waals surface area contributed by atoms with Gasteiger partial charge in [-0.1, -0.05) is 0 Å². The summed E-state index contributed by atoms with van der Waals surface area (Å²) in [5, 5.41) is 11.0. The van der Waals surface area contributed by atoms with E-state index in [2.05, 4.69) is 4.74 Å². The third kappa shape index (κ3) is 4.87. The van der Waals surface area contributed by atoms with Gasteiger partial charge in [0.05, 0.1) is 22.5 Å². The van der Waals surface area contributed by atoms with Gasteiger partial charge in [-0.15, -0.1) is 0 Å². The van der Waals surface area contributed by atoms with E-state index in [4.69, 9.17) is 4.74 Å². The van der Waals surface area contributed by atoms with Crippen LogP contribution in [0.2, 0.25) is 0 Å². The molecule has 0 bridgehead atoms. The number of nitro groups is 1. The summed E-state index contributed by atoms with van der Waals surface area (Å²) in [6.45, 7) is 0. The number of carbonyl (C=O) groups is 1. The largest absolute Gasteiger partial charge is 0.501 e. The fourth-order valence-corrected chi connectivity index (χ4v) is 3.05. The molecule has 0 aliphatic rings. The molecule has 0 fully saturated rings. The topological polar surface area (TPSA) is 113 Å². The molecule has 8 nitrogen and oxygen atoms in total. The zero-order valence-electron chi connectivity index (χ0n) is 14.9. The van der Waals surface area contributed by atoms with Crippen LogP contribution in [0.15, 0.2) is 41.3 Å². The minimum atomic E-state index is -6.08. The Balaban J connectivity index is 2.60. The fourth-order valence-electron chi connectivity index (χ4n) is 2.26. The molecule has 0 heterocycles. The predicted molar refractivity (Wildman–Crippen MR) is 89.2 cm³/mol. The number of sulfone groups is 1. The second-order valence-corrected chi connectivity index (χ2v) is 7.58. The molecular weight excluding hydrogens is 464 g/mol. The molecule has 31 heavy (non-hydrogen) atoms. The van der Waals surface area contributed by atoms with Crippen molar-refractivity contribution in [1.82, 2.24) is 0 Å².